The maximum absolute atomic E-state index is 5.69. The summed E-state index contributed by atoms with van der Waals surface area (Å²) in [4.78, 5) is 6.66. The van der Waals surface area contributed by atoms with Crippen LogP contribution in [0.25, 0.3) is 5.69 Å². The maximum atomic E-state index is 5.69. The summed E-state index contributed by atoms with van der Waals surface area (Å²) in [5.41, 5.74) is 10.0. The molecule has 0 aliphatic carbocycles. The Kier molecular flexibility index (Phi) is 3.36. The molecule has 6 nitrogen and oxygen atoms in total. The molecule has 0 spiro atoms. The minimum absolute atomic E-state index is 0.628. The summed E-state index contributed by atoms with van der Waals surface area (Å²) in [5, 5.41) is 11.3. The molecule has 0 fully saturated rings. The number of fused-ring (bicyclic) bond motifs is 1. The van der Waals surface area contributed by atoms with Crippen molar-refractivity contribution in [1.82, 2.24) is 24.9 Å². The van der Waals surface area contributed by atoms with E-state index >= 15 is 0 Å². The van der Waals surface area contributed by atoms with Gasteiger partial charge < -0.3 is 5.73 Å². The molecule has 3 heterocycles. The van der Waals surface area contributed by atoms with Crippen LogP contribution in [0.2, 0.25) is 0 Å². The SMILES string of the molecule is Nc1nc(CN2CCc3c(nnn3-c3ccccc3)C2)cs1. The van der Waals surface area contributed by atoms with Crippen molar-refractivity contribution in [3.05, 3.63) is 52.8 Å². The summed E-state index contributed by atoms with van der Waals surface area (Å²) in [7, 11) is 0. The summed E-state index contributed by atoms with van der Waals surface area (Å²) < 4.78 is 1.95. The van der Waals surface area contributed by atoms with E-state index in [2.05, 4.69) is 32.3 Å². The van der Waals surface area contributed by atoms with Crippen LogP contribution in [0.4, 0.5) is 5.13 Å². The minimum atomic E-state index is 0.628. The van der Waals surface area contributed by atoms with Crippen molar-refractivity contribution in [2.45, 2.75) is 19.5 Å². The van der Waals surface area contributed by atoms with E-state index < -0.39 is 0 Å². The third-order valence-corrected chi connectivity index (χ3v) is 4.56. The lowest BCUT2D eigenvalue weighted by atomic mass is 10.1. The monoisotopic (exact) mass is 312 g/mol. The number of nitrogen functional groups attached to an aromatic ring is 1. The Hall–Kier alpha value is -2.25. The molecule has 0 radical (unpaired) electrons. The summed E-state index contributed by atoms with van der Waals surface area (Å²) in [6.45, 7) is 2.59. The fourth-order valence-corrected chi connectivity index (χ4v) is 3.35. The highest BCUT2D eigenvalue weighted by Crippen LogP contribution is 2.22. The number of rotatable bonds is 3. The van der Waals surface area contributed by atoms with Gasteiger partial charge in [-0.15, -0.1) is 16.4 Å². The van der Waals surface area contributed by atoms with Crippen LogP contribution >= 0.6 is 11.3 Å². The first-order valence-electron chi connectivity index (χ1n) is 7.21. The van der Waals surface area contributed by atoms with Crippen LogP contribution in [0.1, 0.15) is 17.1 Å². The molecule has 4 rings (SSSR count). The quantitative estimate of drug-likeness (QED) is 0.799. The Morgan fingerprint density at radius 2 is 2.09 bits per heavy atom. The first kappa shape index (κ1) is 13.4. The van der Waals surface area contributed by atoms with Gasteiger partial charge in [0.2, 0.25) is 0 Å². The van der Waals surface area contributed by atoms with E-state index in [1.807, 2.05) is 28.3 Å². The van der Waals surface area contributed by atoms with Crippen LogP contribution in [0.15, 0.2) is 35.7 Å². The smallest absolute Gasteiger partial charge is 0.180 e. The van der Waals surface area contributed by atoms with Gasteiger partial charge in [-0.05, 0) is 12.1 Å². The fourth-order valence-electron chi connectivity index (χ4n) is 2.80. The van der Waals surface area contributed by atoms with E-state index in [0.717, 1.165) is 43.1 Å². The maximum Gasteiger partial charge on any atom is 0.180 e. The van der Waals surface area contributed by atoms with E-state index in [1.54, 1.807) is 0 Å². The second-order valence-electron chi connectivity index (χ2n) is 5.37. The number of benzene rings is 1. The first-order valence-corrected chi connectivity index (χ1v) is 8.08. The number of para-hydroxylation sites is 1. The number of aromatic nitrogens is 4. The van der Waals surface area contributed by atoms with Gasteiger partial charge in [0.25, 0.3) is 0 Å². The normalized spacial score (nSPS) is 14.9. The van der Waals surface area contributed by atoms with Gasteiger partial charge in [-0.3, -0.25) is 4.90 Å². The van der Waals surface area contributed by atoms with Gasteiger partial charge in [0.15, 0.2) is 5.13 Å². The van der Waals surface area contributed by atoms with Gasteiger partial charge in [-0.1, -0.05) is 23.4 Å². The molecule has 3 aromatic rings. The van der Waals surface area contributed by atoms with Crippen LogP contribution in [0.5, 0.6) is 0 Å². The van der Waals surface area contributed by atoms with Crippen molar-refractivity contribution >= 4 is 16.5 Å². The second-order valence-corrected chi connectivity index (χ2v) is 6.26. The van der Waals surface area contributed by atoms with E-state index in [1.165, 1.54) is 17.0 Å². The predicted octanol–water partition coefficient (Wildman–Crippen LogP) is 1.86. The number of anilines is 1. The molecule has 0 saturated carbocycles. The van der Waals surface area contributed by atoms with Gasteiger partial charge >= 0.3 is 0 Å². The molecule has 1 aliphatic rings. The molecule has 0 unspecified atom stereocenters. The molecule has 2 aromatic heterocycles. The number of nitrogens with two attached hydrogens (primary N) is 1. The highest BCUT2D eigenvalue weighted by molar-refractivity contribution is 7.13. The molecule has 22 heavy (non-hydrogen) atoms. The molecular weight excluding hydrogens is 296 g/mol. The Bertz CT molecular complexity index is 778. The van der Waals surface area contributed by atoms with E-state index in [9.17, 15) is 0 Å². The van der Waals surface area contributed by atoms with Crippen LogP contribution in [-0.4, -0.2) is 31.4 Å². The van der Waals surface area contributed by atoms with Gasteiger partial charge in [0.1, 0.15) is 5.69 Å². The highest BCUT2D eigenvalue weighted by atomic mass is 32.1. The third-order valence-electron chi connectivity index (χ3n) is 3.84. The van der Waals surface area contributed by atoms with Crippen molar-refractivity contribution in [2.75, 3.05) is 12.3 Å². The molecule has 0 bridgehead atoms. The van der Waals surface area contributed by atoms with E-state index in [0.29, 0.717) is 5.13 Å². The number of hydrogen-bond donors (Lipinski definition) is 1. The van der Waals surface area contributed by atoms with Crippen LogP contribution in [0.3, 0.4) is 0 Å². The van der Waals surface area contributed by atoms with Crippen LogP contribution in [-0.2, 0) is 19.5 Å². The van der Waals surface area contributed by atoms with Crippen molar-refractivity contribution in [1.29, 1.82) is 0 Å². The Labute approximate surface area is 132 Å². The third kappa shape index (κ3) is 2.49. The average molecular weight is 312 g/mol. The fraction of sp³-hybridized carbons (Fsp3) is 0.267. The largest absolute Gasteiger partial charge is 0.375 e. The standard InChI is InChI=1S/C15H16N6S/c16-15-17-11(10-22-15)8-20-7-6-14-13(9-20)18-19-21(14)12-4-2-1-3-5-12/h1-5,10H,6-9H2,(H2,16,17). The Morgan fingerprint density at radius 1 is 1.23 bits per heavy atom. The van der Waals surface area contributed by atoms with Gasteiger partial charge in [-0.25, -0.2) is 9.67 Å². The molecule has 0 amide bonds. The molecule has 7 heteroatoms. The van der Waals surface area contributed by atoms with E-state index in [4.69, 9.17) is 5.73 Å². The predicted molar refractivity (Wildman–Crippen MR) is 85.7 cm³/mol. The molecule has 0 atom stereocenters. The molecular formula is C15H16N6S. The summed E-state index contributed by atoms with van der Waals surface area (Å²) in [6, 6.07) is 10.2. The van der Waals surface area contributed by atoms with Gasteiger partial charge in [-0.2, -0.15) is 0 Å². The van der Waals surface area contributed by atoms with E-state index in [-0.39, 0.29) is 0 Å². The number of hydrogen-bond acceptors (Lipinski definition) is 6. The van der Waals surface area contributed by atoms with Crippen molar-refractivity contribution in [3.8, 4) is 5.69 Å². The van der Waals surface area contributed by atoms with Crippen LogP contribution < -0.4 is 5.73 Å². The van der Waals surface area contributed by atoms with Crippen molar-refractivity contribution in [2.24, 2.45) is 0 Å². The molecule has 1 aromatic carbocycles. The zero-order chi connectivity index (χ0) is 14.9. The number of nitrogens with zero attached hydrogens (tertiary/aromatic N) is 5. The lowest BCUT2D eigenvalue weighted by molar-refractivity contribution is 0.238. The molecule has 2 N–H and O–H groups in total. The second kappa shape index (κ2) is 5.51. The van der Waals surface area contributed by atoms with Crippen LogP contribution in [0, 0.1) is 0 Å². The molecule has 112 valence electrons. The topological polar surface area (TPSA) is 72.9 Å². The zero-order valence-corrected chi connectivity index (χ0v) is 12.8. The Balaban J connectivity index is 1.54. The highest BCUT2D eigenvalue weighted by Gasteiger charge is 2.23. The summed E-state index contributed by atoms with van der Waals surface area (Å²) in [5.74, 6) is 0. The molecule has 0 saturated heterocycles. The van der Waals surface area contributed by atoms with Gasteiger partial charge in [0, 0.05) is 31.4 Å². The lowest BCUT2D eigenvalue weighted by Crippen LogP contribution is -2.31. The summed E-state index contributed by atoms with van der Waals surface area (Å²) in [6.07, 6.45) is 0.941. The zero-order valence-electron chi connectivity index (χ0n) is 12.0. The first-order chi connectivity index (χ1) is 10.8. The number of thiazole rings is 1. The average Bonchev–Trinajstić information content (AvgIpc) is 3.14. The van der Waals surface area contributed by atoms with Crippen molar-refractivity contribution in [3.63, 3.8) is 0 Å². The minimum Gasteiger partial charge on any atom is -0.375 e. The lowest BCUT2D eigenvalue weighted by Gasteiger charge is -2.25. The van der Waals surface area contributed by atoms with Gasteiger partial charge in [0.05, 0.1) is 17.1 Å². The van der Waals surface area contributed by atoms with Crippen molar-refractivity contribution < 1.29 is 0 Å². The Morgan fingerprint density at radius 3 is 2.86 bits per heavy atom. The molecule has 1 aliphatic heterocycles. The summed E-state index contributed by atoms with van der Waals surface area (Å²) >= 11 is 1.49.